The van der Waals surface area contributed by atoms with Crippen LogP contribution in [0.3, 0.4) is 0 Å². The van der Waals surface area contributed by atoms with Crippen molar-refractivity contribution in [2.75, 3.05) is 18.0 Å². The first-order valence-electron chi connectivity index (χ1n) is 5.26. The lowest BCUT2D eigenvalue weighted by atomic mass is 9.98. The SMILES string of the molecule is FC(F)(F)C1CCCN(c2ncc(I)cn2)C1. The smallest absolute Gasteiger partial charge is 0.340 e. The van der Waals surface area contributed by atoms with Gasteiger partial charge in [0.15, 0.2) is 0 Å². The van der Waals surface area contributed by atoms with Crippen molar-refractivity contribution in [1.82, 2.24) is 9.97 Å². The van der Waals surface area contributed by atoms with Crippen LogP contribution < -0.4 is 4.90 Å². The van der Waals surface area contributed by atoms with Gasteiger partial charge < -0.3 is 4.90 Å². The normalized spacial score (nSPS) is 21.6. The summed E-state index contributed by atoms with van der Waals surface area (Å²) in [5, 5.41) is 0. The second-order valence-electron chi connectivity index (χ2n) is 4.03. The Morgan fingerprint density at radius 1 is 1.29 bits per heavy atom. The highest BCUT2D eigenvalue weighted by Crippen LogP contribution is 2.33. The van der Waals surface area contributed by atoms with Crippen LogP contribution in [0.15, 0.2) is 12.4 Å². The lowest BCUT2D eigenvalue weighted by Crippen LogP contribution is -2.42. The van der Waals surface area contributed by atoms with Crippen molar-refractivity contribution in [2.24, 2.45) is 5.92 Å². The van der Waals surface area contributed by atoms with E-state index in [1.165, 1.54) is 0 Å². The van der Waals surface area contributed by atoms with Crippen LogP contribution >= 0.6 is 22.6 Å². The maximum absolute atomic E-state index is 12.6. The van der Waals surface area contributed by atoms with Crippen molar-refractivity contribution in [3.8, 4) is 0 Å². The third-order valence-corrected chi connectivity index (χ3v) is 3.33. The molecule has 0 N–H and O–H groups in total. The highest BCUT2D eigenvalue weighted by atomic mass is 127. The Hall–Kier alpha value is -0.600. The van der Waals surface area contributed by atoms with Crippen molar-refractivity contribution in [3.05, 3.63) is 16.0 Å². The van der Waals surface area contributed by atoms with Crippen molar-refractivity contribution >= 4 is 28.5 Å². The largest absolute Gasteiger partial charge is 0.393 e. The summed E-state index contributed by atoms with van der Waals surface area (Å²) in [6.45, 7) is 0.553. The summed E-state index contributed by atoms with van der Waals surface area (Å²) in [6, 6.07) is 0. The predicted molar refractivity (Wildman–Crippen MR) is 65.7 cm³/mol. The minimum atomic E-state index is -4.12. The van der Waals surface area contributed by atoms with E-state index in [0.29, 0.717) is 18.9 Å². The average molecular weight is 357 g/mol. The van der Waals surface area contributed by atoms with E-state index in [2.05, 4.69) is 32.6 Å². The van der Waals surface area contributed by atoms with Gasteiger partial charge in [0, 0.05) is 29.1 Å². The van der Waals surface area contributed by atoms with E-state index in [-0.39, 0.29) is 13.0 Å². The molecule has 3 nitrogen and oxygen atoms in total. The molecule has 1 aromatic rings. The molecule has 0 saturated carbocycles. The minimum Gasteiger partial charge on any atom is -0.340 e. The molecule has 2 heterocycles. The Labute approximate surface area is 111 Å². The van der Waals surface area contributed by atoms with Crippen LogP contribution in [0, 0.1) is 9.49 Å². The highest BCUT2D eigenvalue weighted by Gasteiger charge is 2.42. The van der Waals surface area contributed by atoms with Gasteiger partial charge in [-0.25, -0.2) is 9.97 Å². The van der Waals surface area contributed by atoms with E-state index in [1.54, 1.807) is 17.3 Å². The van der Waals surface area contributed by atoms with Gasteiger partial charge in [-0.15, -0.1) is 0 Å². The first kappa shape index (κ1) is 12.8. The number of halogens is 4. The van der Waals surface area contributed by atoms with Gasteiger partial charge in [0.25, 0.3) is 0 Å². The third kappa shape index (κ3) is 3.20. The molecule has 1 atom stereocenters. The second-order valence-corrected chi connectivity index (χ2v) is 5.27. The zero-order chi connectivity index (χ0) is 12.5. The van der Waals surface area contributed by atoms with Gasteiger partial charge in [-0.2, -0.15) is 13.2 Å². The molecule has 1 aliphatic heterocycles. The van der Waals surface area contributed by atoms with Crippen LogP contribution in [0.1, 0.15) is 12.8 Å². The molecule has 0 bridgehead atoms. The second kappa shape index (κ2) is 4.95. The molecular formula is C10H11F3IN3. The molecule has 1 unspecified atom stereocenters. The number of aromatic nitrogens is 2. The molecule has 1 aliphatic rings. The lowest BCUT2D eigenvalue weighted by Gasteiger charge is -2.33. The van der Waals surface area contributed by atoms with Gasteiger partial charge in [0.1, 0.15) is 0 Å². The maximum Gasteiger partial charge on any atom is 0.393 e. The molecule has 94 valence electrons. The molecule has 0 aromatic carbocycles. The first-order valence-corrected chi connectivity index (χ1v) is 6.34. The fourth-order valence-corrected chi connectivity index (χ4v) is 2.17. The number of alkyl halides is 3. The summed E-state index contributed by atoms with van der Waals surface area (Å²) in [6.07, 6.45) is -0.175. The van der Waals surface area contributed by atoms with Crippen LogP contribution in [0.5, 0.6) is 0 Å². The molecular weight excluding hydrogens is 346 g/mol. The summed E-state index contributed by atoms with van der Waals surface area (Å²) < 4.78 is 38.7. The Balaban J connectivity index is 2.09. The van der Waals surface area contributed by atoms with Crippen molar-refractivity contribution < 1.29 is 13.2 Å². The minimum absolute atomic E-state index is 0.0376. The van der Waals surface area contributed by atoms with E-state index in [0.717, 1.165) is 3.57 Å². The summed E-state index contributed by atoms with van der Waals surface area (Å²) in [7, 11) is 0. The highest BCUT2D eigenvalue weighted by molar-refractivity contribution is 14.1. The van der Waals surface area contributed by atoms with E-state index in [1.807, 2.05) is 0 Å². The third-order valence-electron chi connectivity index (χ3n) is 2.77. The van der Waals surface area contributed by atoms with Crippen LogP contribution in [0.25, 0.3) is 0 Å². The van der Waals surface area contributed by atoms with Gasteiger partial charge in [-0.3, -0.25) is 0 Å². The van der Waals surface area contributed by atoms with Gasteiger partial charge >= 0.3 is 6.18 Å². The lowest BCUT2D eigenvalue weighted by molar-refractivity contribution is -0.176. The summed E-state index contributed by atoms with van der Waals surface area (Å²) in [5.74, 6) is -0.876. The molecule has 1 fully saturated rings. The molecule has 7 heteroatoms. The zero-order valence-electron chi connectivity index (χ0n) is 8.91. The Morgan fingerprint density at radius 2 is 1.94 bits per heavy atom. The summed E-state index contributed by atoms with van der Waals surface area (Å²) in [4.78, 5) is 9.73. The van der Waals surface area contributed by atoms with Crippen molar-refractivity contribution in [3.63, 3.8) is 0 Å². The molecule has 17 heavy (non-hydrogen) atoms. The quantitative estimate of drug-likeness (QED) is 0.724. The van der Waals surface area contributed by atoms with Gasteiger partial charge in [-0.1, -0.05) is 0 Å². The number of nitrogens with zero attached hydrogens (tertiary/aromatic N) is 3. The predicted octanol–water partition coefficient (Wildman–Crippen LogP) is 2.86. The van der Waals surface area contributed by atoms with Crippen LogP contribution in [-0.2, 0) is 0 Å². The van der Waals surface area contributed by atoms with Crippen LogP contribution in [-0.4, -0.2) is 29.2 Å². The van der Waals surface area contributed by atoms with E-state index < -0.39 is 12.1 Å². The maximum atomic E-state index is 12.6. The number of piperidine rings is 1. The van der Waals surface area contributed by atoms with E-state index >= 15 is 0 Å². The summed E-state index contributed by atoms with van der Waals surface area (Å²) >= 11 is 2.06. The number of rotatable bonds is 1. The summed E-state index contributed by atoms with van der Waals surface area (Å²) in [5.41, 5.74) is 0. The van der Waals surface area contributed by atoms with Gasteiger partial charge in [-0.05, 0) is 35.4 Å². The van der Waals surface area contributed by atoms with Crippen LogP contribution in [0.4, 0.5) is 19.1 Å². The Morgan fingerprint density at radius 3 is 2.53 bits per heavy atom. The monoisotopic (exact) mass is 357 g/mol. The van der Waals surface area contributed by atoms with E-state index in [4.69, 9.17) is 0 Å². The molecule has 1 saturated heterocycles. The standard InChI is InChI=1S/C10H11F3IN3/c11-10(12,13)7-2-1-3-17(6-7)9-15-4-8(14)5-16-9/h4-5,7H,1-3,6H2. The fraction of sp³-hybridized carbons (Fsp3) is 0.600. The topological polar surface area (TPSA) is 29.0 Å². The zero-order valence-corrected chi connectivity index (χ0v) is 11.1. The first-order chi connectivity index (χ1) is 7.97. The molecule has 2 rings (SSSR count). The number of hydrogen-bond donors (Lipinski definition) is 0. The number of anilines is 1. The van der Waals surface area contributed by atoms with Crippen molar-refractivity contribution in [1.29, 1.82) is 0 Å². The van der Waals surface area contributed by atoms with E-state index in [9.17, 15) is 13.2 Å². The molecule has 1 aromatic heterocycles. The molecule has 0 radical (unpaired) electrons. The molecule has 0 spiro atoms. The fourth-order valence-electron chi connectivity index (χ4n) is 1.89. The molecule has 0 amide bonds. The van der Waals surface area contributed by atoms with Crippen LogP contribution in [0.2, 0.25) is 0 Å². The van der Waals surface area contributed by atoms with Crippen molar-refractivity contribution in [2.45, 2.75) is 19.0 Å². The van der Waals surface area contributed by atoms with Gasteiger partial charge in [0.05, 0.1) is 5.92 Å². The number of hydrogen-bond acceptors (Lipinski definition) is 3. The average Bonchev–Trinajstić information content (AvgIpc) is 2.29. The Kier molecular flexibility index (Phi) is 3.74. The Bertz CT molecular complexity index is 379. The molecule has 0 aliphatic carbocycles. The van der Waals surface area contributed by atoms with Gasteiger partial charge in [0.2, 0.25) is 5.95 Å².